The monoisotopic (exact) mass is 652 g/mol. The molecular weight excluding hydrogens is 631 g/mol. The number of fused-ring (bicyclic) bond motifs is 2. The van der Waals surface area contributed by atoms with E-state index in [9.17, 15) is 37.4 Å². The molecule has 1 fully saturated rings. The van der Waals surface area contributed by atoms with Crippen LogP contribution in [0.1, 0.15) is 11.8 Å². The number of aliphatic hydroxyl groups excluding tert-OH is 2. The number of anilines is 2. The Morgan fingerprint density at radius 3 is 2.38 bits per heavy atom. The van der Waals surface area contributed by atoms with E-state index >= 15 is 0 Å². The molecule has 42 heavy (non-hydrogen) atoms. The van der Waals surface area contributed by atoms with Crippen LogP contribution in [0, 0.1) is 0 Å². The highest BCUT2D eigenvalue weighted by Gasteiger charge is 2.45. The number of benzene rings is 2. The standard InChI is InChI=1S/C22H22ClF3N6O8P2/c23-21-30-18(29-13-6-5-12(22(24,25)26)10-3-1-2-4-11(10)13)15-19(31-21)32(8-27-15)20-17(34)16(33)14(40-20)7-28-41(35,36)9-42(37,38)39/h1-6,8,14,16-17,20,33-34H,7,9H2,(H2,28,35,36)(H,29,30,31)(H2,37,38,39). The van der Waals surface area contributed by atoms with E-state index in [1.54, 1.807) is 6.07 Å². The van der Waals surface area contributed by atoms with E-state index in [4.69, 9.17) is 26.1 Å². The van der Waals surface area contributed by atoms with Crippen molar-refractivity contribution in [2.75, 3.05) is 17.8 Å². The van der Waals surface area contributed by atoms with Gasteiger partial charge in [0.05, 0.1) is 11.9 Å². The number of hydrogen-bond donors (Lipinski definition) is 7. The molecule has 5 unspecified atom stereocenters. The Balaban J connectivity index is 1.44. The molecule has 0 amide bonds. The summed E-state index contributed by atoms with van der Waals surface area (Å²) in [7, 11) is -9.36. The van der Waals surface area contributed by atoms with Crippen molar-refractivity contribution in [2.45, 2.75) is 30.7 Å². The van der Waals surface area contributed by atoms with E-state index < -0.39 is 63.8 Å². The van der Waals surface area contributed by atoms with Crippen LogP contribution in [-0.4, -0.2) is 75.2 Å². The van der Waals surface area contributed by atoms with Crippen molar-refractivity contribution >= 4 is 60.2 Å². The Bertz CT molecular complexity index is 1750. The summed E-state index contributed by atoms with van der Waals surface area (Å²) in [5, 5.41) is 26.0. The molecule has 226 valence electrons. The average Bonchev–Trinajstić information content (AvgIpc) is 3.41. The molecule has 1 aliphatic rings. The topological polar surface area (TPSA) is 212 Å². The molecule has 7 N–H and O–H groups in total. The molecule has 1 saturated heterocycles. The molecule has 5 rings (SSSR count). The minimum absolute atomic E-state index is 0.00732. The smallest absolute Gasteiger partial charge is 0.387 e. The van der Waals surface area contributed by atoms with Crippen LogP contribution in [0.4, 0.5) is 24.7 Å². The van der Waals surface area contributed by atoms with Gasteiger partial charge < -0.3 is 34.9 Å². The molecule has 4 aromatic rings. The van der Waals surface area contributed by atoms with Crippen molar-refractivity contribution in [3.63, 3.8) is 0 Å². The Morgan fingerprint density at radius 1 is 1.02 bits per heavy atom. The highest BCUT2D eigenvalue weighted by molar-refractivity contribution is 7.71. The Morgan fingerprint density at radius 2 is 1.71 bits per heavy atom. The number of aliphatic hydroxyl groups is 2. The molecule has 5 atom stereocenters. The van der Waals surface area contributed by atoms with Crippen molar-refractivity contribution in [1.82, 2.24) is 24.6 Å². The SMILES string of the molecule is O=P(O)(O)CP(=O)(O)NCC1OC(n2cnc3c(Nc4ccc(C(F)(F)F)c5ccccc45)nc(Cl)nc32)C(O)C1O. The minimum Gasteiger partial charge on any atom is -0.387 e. The van der Waals surface area contributed by atoms with E-state index in [0.29, 0.717) is 0 Å². The fraction of sp³-hybridized carbons (Fsp3) is 0.318. The predicted octanol–water partition coefficient (Wildman–Crippen LogP) is 2.92. The quantitative estimate of drug-likeness (QED) is 0.108. The van der Waals surface area contributed by atoms with E-state index in [1.165, 1.54) is 35.2 Å². The maximum Gasteiger partial charge on any atom is 0.417 e. The second-order valence-corrected chi connectivity index (χ2v) is 13.9. The summed E-state index contributed by atoms with van der Waals surface area (Å²) in [6.45, 7) is -0.557. The molecule has 14 nitrogen and oxygen atoms in total. The van der Waals surface area contributed by atoms with Gasteiger partial charge in [0, 0.05) is 17.6 Å². The molecule has 1 aliphatic heterocycles. The highest BCUT2D eigenvalue weighted by Crippen LogP contribution is 2.52. The first-order valence-corrected chi connectivity index (χ1v) is 16.0. The molecule has 0 spiro atoms. The molecule has 0 radical (unpaired) electrons. The van der Waals surface area contributed by atoms with Gasteiger partial charge in [-0.05, 0) is 29.1 Å². The fourth-order valence-corrected chi connectivity index (χ4v) is 7.63. The summed E-state index contributed by atoms with van der Waals surface area (Å²) in [6.07, 6.45) is -9.26. The Kier molecular flexibility index (Phi) is 8.13. The van der Waals surface area contributed by atoms with Crippen LogP contribution < -0.4 is 10.4 Å². The van der Waals surface area contributed by atoms with Gasteiger partial charge in [0.15, 0.2) is 23.2 Å². The maximum atomic E-state index is 13.6. The minimum atomic E-state index is -4.84. The molecule has 0 saturated carbocycles. The van der Waals surface area contributed by atoms with E-state index in [2.05, 4.69) is 25.4 Å². The largest absolute Gasteiger partial charge is 0.417 e. The van der Waals surface area contributed by atoms with Crippen LogP contribution in [0.25, 0.3) is 21.9 Å². The summed E-state index contributed by atoms with van der Waals surface area (Å²) in [4.78, 5) is 40.2. The zero-order valence-corrected chi connectivity index (χ0v) is 23.5. The number of rotatable bonds is 8. The molecule has 0 bridgehead atoms. The molecule has 20 heteroatoms. The number of imidazole rings is 1. The second-order valence-electron chi connectivity index (χ2n) is 9.41. The van der Waals surface area contributed by atoms with Crippen LogP contribution in [0.5, 0.6) is 0 Å². The van der Waals surface area contributed by atoms with Gasteiger partial charge in [-0.15, -0.1) is 0 Å². The maximum absolute atomic E-state index is 13.6. The van der Waals surface area contributed by atoms with E-state index in [0.717, 1.165) is 6.07 Å². The average molecular weight is 653 g/mol. The zero-order chi connectivity index (χ0) is 30.6. The van der Waals surface area contributed by atoms with Crippen LogP contribution in [0.2, 0.25) is 5.28 Å². The van der Waals surface area contributed by atoms with Gasteiger partial charge in [-0.1, -0.05) is 24.3 Å². The van der Waals surface area contributed by atoms with Crippen LogP contribution in [-0.2, 0) is 20.0 Å². The number of ether oxygens (including phenoxy) is 1. The lowest BCUT2D eigenvalue weighted by atomic mass is 10.0. The van der Waals surface area contributed by atoms with Gasteiger partial charge >= 0.3 is 13.8 Å². The summed E-state index contributed by atoms with van der Waals surface area (Å²) in [5.74, 6) is -1.33. The third-order valence-corrected chi connectivity index (χ3v) is 10.3. The van der Waals surface area contributed by atoms with Gasteiger partial charge in [0.2, 0.25) is 5.28 Å². The lowest BCUT2D eigenvalue weighted by Crippen LogP contribution is -2.37. The van der Waals surface area contributed by atoms with Crippen LogP contribution >= 0.6 is 26.7 Å². The number of nitrogens with zero attached hydrogens (tertiary/aromatic N) is 4. The molecule has 2 aromatic heterocycles. The summed E-state index contributed by atoms with van der Waals surface area (Å²) in [6, 6.07) is 8.03. The van der Waals surface area contributed by atoms with Crippen LogP contribution in [0.15, 0.2) is 42.7 Å². The number of nitrogens with one attached hydrogen (secondary N) is 2. The number of halogens is 4. The van der Waals surface area contributed by atoms with E-state index in [-0.39, 0.29) is 38.7 Å². The fourth-order valence-electron chi connectivity index (χ4n) is 4.61. The van der Waals surface area contributed by atoms with Crippen molar-refractivity contribution in [3.05, 3.63) is 53.6 Å². The molecular formula is C22H22ClF3N6O8P2. The summed E-state index contributed by atoms with van der Waals surface area (Å²) in [5.41, 5.74) is -0.482. The number of aromatic nitrogens is 4. The second kappa shape index (κ2) is 11.1. The normalized spacial score (nSPS) is 23.0. The highest BCUT2D eigenvalue weighted by atomic mass is 35.5. The first-order chi connectivity index (χ1) is 19.5. The first-order valence-electron chi connectivity index (χ1n) is 11.9. The van der Waals surface area contributed by atoms with Crippen molar-refractivity contribution in [2.24, 2.45) is 0 Å². The number of alkyl halides is 3. The van der Waals surface area contributed by atoms with Gasteiger partial charge in [0.1, 0.15) is 24.2 Å². The lowest BCUT2D eigenvalue weighted by Gasteiger charge is -2.19. The van der Waals surface area contributed by atoms with Crippen LogP contribution in [0.3, 0.4) is 0 Å². The predicted molar refractivity (Wildman–Crippen MR) is 143 cm³/mol. The first kappa shape index (κ1) is 30.8. The zero-order valence-electron chi connectivity index (χ0n) is 20.9. The van der Waals surface area contributed by atoms with Gasteiger partial charge in [-0.2, -0.15) is 23.1 Å². The van der Waals surface area contributed by atoms with Crippen molar-refractivity contribution < 1.29 is 51.9 Å². The van der Waals surface area contributed by atoms with Crippen molar-refractivity contribution in [1.29, 1.82) is 0 Å². The van der Waals surface area contributed by atoms with Gasteiger partial charge in [-0.3, -0.25) is 13.7 Å². The Hall–Kier alpha value is -2.69. The van der Waals surface area contributed by atoms with Gasteiger partial charge in [-0.25, -0.2) is 10.1 Å². The summed E-state index contributed by atoms with van der Waals surface area (Å²) >= 11 is 6.14. The van der Waals surface area contributed by atoms with E-state index in [1.807, 2.05) is 0 Å². The number of hydrogen-bond acceptors (Lipinski definition) is 9. The Labute approximate surface area is 238 Å². The summed E-state index contributed by atoms with van der Waals surface area (Å²) < 4.78 is 70.7. The third kappa shape index (κ3) is 6.31. The lowest BCUT2D eigenvalue weighted by molar-refractivity contribution is -0.136. The molecule has 0 aliphatic carbocycles. The van der Waals surface area contributed by atoms with Gasteiger partial charge in [0.25, 0.3) is 7.52 Å². The molecule has 3 heterocycles. The molecule has 2 aromatic carbocycles. The third-order valence-electron chi connectivity index (χ3n) is 6.40. The van der Waals surface area contributed by atoms with Crippen molar-refractivity contribution in [3.8, 4) is 0 Å².